The van der Waals surface area contributed by atoms with Gasteiger partial charge in [0.15, 0.2) is 0 Å². The highest BCUT2D eigenvalue weighted by molar-refractivity contribution is 5.71. The Labute approximate surface area is 95.4 Å². The molecule has 0 heterocycles. The molecule has 0 amide bonds. The lowest BCUT2D eigenvalue weighted by molar-refractivity contribution is -0.144. The topological polar surface area (TPSA) is 26.3 Å². The Kier molecular flexibility index (Phi) is 4.05. The molecule has 0 bridgehead atoms. The zero-order chi connectivity index (χ0) is 12.2. The minimum absolute atomic E-state index is 0.225. The van der Waals surface area contributed by atoms with Gasteiger partial charge in [0.1, 0.15) is 5.82 Å². The first-order valence-electron chi connectivity index (χ1n) is 5.37. The van der Waals surface area contributed by atoms with Crippen LogP contribution in [0, 0.1) is 5.82 Å². The second-order valence-electron chi connectivity index (χ2n) is 4.37. The molecule has 0 radical (unpaired) electrons. The fourth-order valence-electron chi connectivity index (χ4n) is 1.58. The number of rotatable bonds is 4. The van der Waals surface area contributed by atoms with Gasteiger partial charge < -0.3 is 4.74 Å². The second kappa shape index (κ2) is 5.10. The Morgan fingerprint density at radius 1 is 1.31 bits per heavy atom. The van der Waals surface area contributed by atoms with Gasteiger partial charge in [-0.1, -0.05) is 26.0 Å². The summed E-state index contributed by atoms with van der Waals surface area (Å²) in [6.45, 7) is 6.05. The van der Waals surface area contributed by atoms with Crippen molar-refractivity contribution in [1.82, 2.24) is 0 Å². The third-order valence-corrected chi connectivity index (χ3v) is 2.52. The lowest BCUT2D eigenvalue weighted by atomic mass is 9.82. The van der Waals surface area contributed by atoms with Crippen LogP contribution in [0.4, 0.5) is 4.39 Å². The molecule has 0 aliphatic carbocycles. The first-order chi connectivity index (χ1) is 7.45. The SMILES string of the molecule is CCOC(=O)CC(C)(C)c1ccc(F)cc1. The van der Waals surface area contributed by atoms with Gasteiger partial charge in [-0.15, -0.1) is 0 Å². The molecule has 0 fully saturated rings. The van der Waals surface area contributed by atoms with Crippen molar-refractivity contribution in [2.75, 3.05) is 6.61 Å². The second-order valence-corrected chi connectivity index (χ2v) is 4.37. The first kappa shape index (κ1) is 12.7. The van der Waals surface area contributed by atoms with Crippen molar-refractivity contribution in [3.05, 3.63) is 35.6 Å². The molecule has 0 aliphatic rings. The molecular weight excluding hydrogens is 207 g/mol. The number of benzene rings is 1. The standard InChI is InChI=1S/C13H17FO2/c1-4-16-12(15)9-13(2,3)10-5-7-11(14)8-6-10/h5-8H,4,9H2,1-3H3. The quantitative estimate of drug-likeness (QED) is 0.735. The summed E-state index contributed by atoms with van der Waals surface area (Å²) >= 11 is 0. The van der Waals surface area contributed by atoms with Gasteiger partial charge in [-0.2, -0.15) is 0 Å². The van der Waals surface area contributed by atoms with E-state index in [0.717, 1.165) is 5.56 Å². The summed E-state index contributed by atoms with van der Waals surface area (Å²) in [4.78, 5) is 11.4. The summed E-state index contributed by atoms with van der Waals surface area (Å²) in [6.07, 6.45) is 0.298. The van der Waals surface area contributed by atoms with Crippen molar-refractivity contribution in [1.29, 1.82) is 0 Å². The lowest BCUT2D eigenvalue weighted by Crippen LogP contribution is -2.23. The van der Waals surface area contributed by atoms with Crippen LogP contribution >= 0.6 is 0 Å². The van der Waals surface area contributed by atoms with E-state index in [4.69, 9.17) is 4.74 Å². The van der Waals surface area contributed by atoms with E-state index < -0.39 is 0 Å². The maximum atomic E-state index is 12.8. The molecule has 1 rings (SSSR count). The molecule has 0 unspecified atom stereocenters. The minimum Gasteiger partial charge on any atom is -0.466 e. The van der Waals surface area contributed by atoms with Crippen LogP contribution in [-0.4, -0.2) is 12.6 Å². The Balaban J connectivity index is 2.76. The molecule has 0 aromatic heterocycles. The van der Waals surface area contributed by atoms with Crippen LogP contribution in [-0.2, 0) is 14.9 Å². The fraction of sp³-hybridized carbons (Fsp3) is 0.462. The van der Waals surface area contributed by atoms with Crippen molar-refractivity contribution in [3.63, 3.8) is 0 Å². The highest BCUT2D eigenvalue weighted by atomic mass is 19.1. The maximum absolute atomic E-state index is 12.8. The van der Waals surface area contributed by atoms with E-state index >= 15 is 0 Å². The largest absolute Gasteiger partial charge is 0.466 e. The molecule has 0 saturated heterocycles. The van der Waals surface area contributed by atoms with E-state index in [-0.39, 0.29) is 17.2 Å². The van der Waals surface area contributed by atoms with Gasteiger partial charge in [0.25, 0.3) is 0 Å². The summed E-state index contributed by atoms with van der Waals surface area (Å²) in [5.74, 6) is -0.493. The molecule has 0 spiro atoms. The van der Waals surface area contributed by atoms with Gasteiger partial charge in [-0.3, -0.25) is 4.79 Å². The van der Waals surface area contributed by atoms with E-state index in [2.05, 4.69) is 0 Å². The Morgan fingerprint density at radius 3 is 2.38 bits per heavy atom. The normalized spacial score (nSPS) is 11.2. The van der Waals surface area contributed by atoms with Crippen molar-refractivity contribution < 1.29 is 13.9 Å². The molecule has 1 aromatic rings. The number of hydrogen-bond donors (Lipinski definition) is 0. The van der Waals surface area contributed by atoms with Crippen molar-refractivity contribution in [2.45, 2.75) is 32.6 Å². The molecule has 0 N–H and O–H groups in total. The van der Waals surface area contributed by atoms with Crippen molar-refractivity contribution in [2.24, 2.45) is 0 Å². The van der Waals surface area contributed by atoms with Crippen LogP contribution in [0.15, 0.2) is 24.3 Å². The van der Waals surface area contributed by atoms with E-state index in [1.54, 1.807) is 19.1 Å². The van der Waals surface area contributed by atoms with Crippen LogP contribution in [0.25, 0.3) is 0 Å². The number of esters is 1. The smallest absolute Gasteiger partial charge is 0.306 e. The van der Waals surface area contributed by atoms with Gasteiger partial charge in [0.05, 0.1) is 13.0 Å². The van der Waals surface area contributed by atoms with Gasteiger partial charge in [0.2, 0.25) is 0 Å². The molecule has 0 saturated carbocycles. The Morgan fingerprint density at radius 2 is 1.88 bits per heavy atom. The number of carbonyl (C=O) groups is 1. The number of ether oxygens (including phenoxy) is 1. The van der Waals surface area contributed by atoms with E-state index in [0.29, 0.717) is 13.0 Å². The maximum Gasteiger partial charge on any atom is 0.306 e. The summed E-state index contributed by atoms with van der Waals surface area (Å²) in [7, 11) is 0. The third kappa shape index (κ3) is 3.33. The minimum atomic E-state index is -0.333. The van der Waals surface area contributed by atoms with E-state index in [1.165, 1.54) is 12.1 Å². The Hall–Kier alpha value is -1.38. The summed E-state index contributed by atoms with van der Waals surface area (Å²) < 4.78 is 17.7. The summed E-state index contributed by atoms with van der Waals surface area (Å²) in [6, 6.07) is 6.22. The predicted molar refractivity (Wildman–Crippen MR) is 60.7 cm³/mol. The molecule has 1 aromatic carbocycles. The van der Waals surface area contributed by atoms with Crippen LogP contribution in [0.3, 0.4) is 0 Å². The van der Waals surface area contributed by atoms with Crippen molar-refractivity contribution in [3.8, 4) is 0 Å². The molecule has 3 heteroatoms. The van der Waals surface area contributed by atoms with Crippen LogP contribution in [0.1, 0.15) is 32.8 Å². The highest BCUT2D eigenvalue weighted by Crippen LogP contribution is 2.27. The van der Waals surface area contributed by atoms with Gasteiger partial charge in [0, 0.05) is 5.41 Å². The van der Waals surface area contributed by atoms with Crippen LogP contribution in [0.5, 0.6) is 0 Å². The highest BCUT2D eigenvalue weighted by Gasteiger charge is 2.24. The number of halogens is 1. The van der Waals surface area contributed by atoms with Crippen molar-refractivity contribution >= 4 is 5.97 Å². The van der Waals surface area contributed by atoms with Gasteiger partial charge in [-0.05, 0) is 24.6 Å². The zero-order valence-electron chi connectivity index (χ0n) is 9.92. The molecule has 0 aliphatic heterocycles. The molecular formula is C13H17FO2. The predicted octanol–water partition coefficient (Wildman–Crippen LogP) is 3.06. The average Bonchev–Trinajstić information content (AvgIpc) is 2.17. The zero-order valence-corrected chi connectivity index (χ0v) is 9.92. The average molecular weight is 224 g/mol. The molecule has 16 heavy (non-hydrogen) atoms. The molecule has 2 nitrogen and oxygen atoms in total. The lowest BCUT2D eigenvalue weighted by Gasteiger charge is -2.23. The van der Waals surface area contributed by atoms with Gasteiger partial charge >= 0.3 is 5.97 Å². The molecule has 0 atom stereocenters. The fourth-order valence-corrected chi connectivity index (χ4v) is 1.58. The first-order valence-corrected chi connectivity index (χ1v) is 5.37. The van der Waals surface area contributed by atoms with Gasteiger partial charge in [-0.25, -0.2) is 4.39 Å². The monoisotopic (exact) mass is 224 g/mol. The Bertz CT molecular complexity index is 355. The molecule has 88 valence electrons. The van der Waals surface area contributed by atoms with Crippen LogP contribution in [0.2, 0.25) is 0 Å². The third-order valence-electron chi connectivity index (χ3n) is 2.52. The summed E-state index contributed by atoms with van der Waals surface area (Å²) in [5.41, 5.74) is 0.599. The van der Waals surface area contributed by atoms with Crippen LogP contribution < -0.4 is 0 Å². The summed E-state index contributed by atoms with van der Waals surface area (Å²) in [5, 5.41) is 0. The van der Waals surface area contributed by atoms with E-state index in [1.807, 2.05) is 13.8 Å². The van der Waals surface area contributed by atoms with E-state index in [9.17, 15) is 9.18 Å². The number of carbonyl (C=O) groups excluding carboxylic acids is 1. The number of hydrogen-bond acceptors (Lipinski definition) is 2.